The number of nitrogens with one attached hydrogen (secondary N) is 1. The van der Waals surface area contributed by atoms with Crippen molar-refractivity contribution in [3.05, 3.63) is 64.2 Å². The first kappa shape index (κ1) is 27.6. The highest BCUT2D eigenvalue weighted by Crippen LogP contribution is 2.33. The average molecular weight is 507 g/mol. The number of hydrogen-bond donors (Lipinski definition) is 1. The third kappa shape index (κ3) is 7.41. The van der Waals surface area contributed by atoms with Gasteiger partial charge in [-0.2, -0.15) is 0 Å². The van der Waals surface area contributed by atoms with Crippen molar-refractivity contribution in [2.75, 3.05) is 24.2 Å². The normalized spacial score (nSPS) is 12.1. The number of nitrogens with zero attached hydrogens (tertiary/aromatic N) is 3. The van der Waals surface area contributed by atoms with Crippen molar-refractivity contribution >= 4 is 33.2 Å². The van der Waals surface area contributed by atoms with Crippen LogP contribution in [0.3, 0.4) is 0 Å². The molecule has 0 radical (unpaired) electrons. The molecule has 2 amide bonds. The monoisotopic (exact) mass is 506 g/mol. The lowest BCUT2D eigenvalue weighted by molar-refractivity contribution is -0.384. The van der Waals surface area contributed by atoms with E-state index in [2.05, 4.69) is 5.32 Å². The molecule has 0 aliphatic heterocycles. The standard InChI is InChI=1S/C23H30N4O7S/c1-16(2)24-23(29)17(3)25(14-18-9-7-6-8-10-18)22(28)15-26(35(5,32)33)20-13-19(27(30)31)11-12-21(20)34-4/h6-13,16-17H,14-15H2,1-5H3,(H,24,29)/t17-/m1/s1. The number of nitro groups is 1. The maximum Gasteiger partial charge on any atom is 0.271 e. The van der Waals surface area contributed by atoms with E-state index < -0.39 is 39.3 Å². The van der Waals surface area contributed by atoms with Crippen LogP contribution in [0.1, 0.15) is 26.3 Å². The number of nitro benzene ring substituents is 1. The van der Waals surface area contributed by atoms with Gasteiger partial charge in [0.05, 0.1) is 18.3 Å². The van der Waals surface area contributed by atoms with Crippen LogP contribution in [0.2, 0.25) is 0 Å². The number of rotatable bonds is 11. The number of amides is 2. The third-order valence-corrected chi connectivity index (χ3v) is 6.24. The molecule has 1 atom stereocenters. The van der Waals surface area contributed by atoms with Crippen LogP contribution in [0.15, 0.2) is 48.5 Å². The molecular formula is C23H30N4O7S. The van der Waals surface area contributed by atoms with Crippen LogP contribution >= 0.6 is 0 Å². The van der Waals surface area contributed by atoms with Gasteiger partial charge in [0.2, 0.25) is 21.8 Å². The summed E-state index contributed by atoms with van der Waals surface area (Å²) in [4.78, 5) is 38.1. The Balaban J connectivity index is 2.50. The number of methoxy groups -OCH3 is 1. The van der Waals surface area contributed by atoms with Crippen molar-refractivity contribution in [1.82, 2.24) is 10.2 Å². The Kier molecular flexibility index (Phi) is 9.18. The van der Waals surface area contributed by atoms with E-state index >= 15 is 0 Å². The van der Waals surface area contributed by atoms with E-state index in [0.29, 0.717) is 0 Å². The van der Waals surface area contributed by atoms with E-state index in [4.69, 9.17) is 4.74 Å². The zero-order valence-electron chi connectivity index (χ0n) is 20.3. The van der Waals surface area contributed by atoms with Gasteiger partial charge in [-0.1, -0.05) is 30.3 Å². The number of hydrogen-bond acceptors (Lipinski definition) is 7. The van der Waals surface area contributed by atoms with Crippen molar-refractivity contribution in [2.45, 2.75) is 39.4 Å². The fourth-order valence-corrected chi connectivity index (χ4v) is 4.19. The number of anilines is 1. The molecule has 0 heterocycles. The Bertz CT molecular complexity index is 1170. The molecule has 0 saturated heterocycles. The van der Waals surface area contributed by atoms with Crippen LogP contribution in [0.5, 0.6) is 5.75 Å². The number of carbonyl (C=O) groups is 2. The molecule has 0 spiro atoms. The molecule has 190 valence electrons. The molecule has 0 fully saturated rings. The summed E-state index contributed by atoms with van der Waals surface area (Å²) in [5.74, 6) is -1.03. The van der Waals surface area contributed by atoms with E-state index in [1.165, 1.54) is 24.1 Å². The fourth-order valence-electron chi connectivity index (χ4n) is 3.35. The summed E-state index contributed by atoms with van der Waals surface area (Å²) >= 11 is 0. The van der Waals surface area contributed by atoms with E-state index in [0.717, 1.165) is 22.2 Å². The minimum atomic E-state index is -4.08. The zero-order valence-corrected chi connectivity index (χ0v) is 21.1. The topological polar surface area (TPSA) is 139 Å². The van der Waals surface area contributed by atoms with Crippen LogP contribution < -0.4 is 14.4 Å². The minimum Gasteiger partial charge on any atom is -0.495 e. The van der Waals surface area contributed by atoms with Gasteiger partial charge in [-0.15, -0.1) is 0 Å². The van der Waals surface area contributed by atoms with Gasteiger partial charge in [-0.3, -0.25) is 24.0 Å². The molecule has 35 heavy (non-hydrogen) atoms. The van der Waals surface area contributed by atoms with Gasteiger partial charge >= 0.3 is 0 Å². The van der Waals surface area contributed by atoms with Crippen molar-refractivity contribution in [3.63, 3.8) is 0 Å². The number of benzene rings is 2. The highest BCUT2D eigenvalue weighted by atomic mass is 32.2. The Morgan fingerprint density at radius 3 is 2.26 bits per heavy atom. The Morgan fingerprint density at radius 2 is 1.74 bits per heavy atom. The lowest BCUT2D eigenvalue weighted by Gasteiger charge is -2.32. The van der Waals surface area contributed by atoms with E-state index in [1.54, 1.807) is 45.0 Å². The van der Waals surface area contributed by atoms with Crippen molar-refractivity contribution in [3.8, 4) is 5.75 Å². The third-order valence-electron chi connectivity index (χ3n) is 5.12. The van der Waals surface area contributed by atoms with Crippen LogP contribution in [-0.4, -0.2) is 62.0 Å². The zero-order chi connectivity index (χ0) is 26.3. The van der Waals surface area contributed by atoms with E-state index in [1.807, 2.05) is 6.07 Å². The molecule has 2 aromatic carbocycles. The van der Waals surface area contributed by atoms with Crippen molar-refractivity contribution < 1.29 is 27.7 Å². The van der Waals surface area contributed by atoms with Crippen molar-refractivity contribution in [2.24, 2.45) is 0 Å². The van der Waals surface area contributed by atoms with E-state index in [-0.39, 0.29) is 29.7 Å². The molecule has 2 aromatic rings. The van der Waals surface area contributed by atoms with Gasteiger partial charge in [-0.25, -0.2) is 8.42 Å². The largest absolute Gasteiger partial charge is 0.495 e. The quantitative estimate of drug-likeness (QED) is 0.364. The lowest BCUT2D eigenvalue weighted by Crippen LogP contribution is -2.52. The lowest BCUT2D eigenvalue weighted by atomic mass is 10.1. The number of sulfonamides is 1. The summed E-state index contributed by atoms with van der Waals surface area (Å²) in [6.45, 7) is 4.48. The molecule has 0 unspecified atom stereocenters. The SMILES string of the molecule is COc1ccc([N+](=O)[O-])cc1N(CC(=O)N(Cc1ccccc1)[C@H](C)C(=O)NC(C)C)S(C)(=O)=O. The first-order valence-corrected chi connectivity index (χ1v) is 12.6. The molecule has 0 bridgehead atoms. The van der Waals surface area contributed by atoms with Crippen LogP contribution in [-0.2, 0) is 26.2 Å². The molecule has 0 aromatic heterocycles. The Morgan fingerprint density at radius 1 is 1.11 bits per heavy atom. The first-order valence-electron chi connectivity index (χ1n) is 10.8. The maximum atomic E-state index is 13.5. The van der Waals surface area contributed by atoms with Crippen LogP contribution in [0.25, 0.3) is 0 Å². The van der Waals surface area contributed by atoms with Gasteiger partial charge in [-0.05, 0) is 32.4 Å². The molecule has 12 heteroatoms. The van der Waals surface area contributed by atoms with Gasteiger partial charge in [0.1, 0.15) is 24.0 Å². The molecular weight excluding hydrogens is 476 g/mol. The second-order valence-corrected chi connectivity index (χ2v) is 10.1. The van der Waals surface area contributed by atoms with E-state index in [9.17, 15) is 28.1 Å². The van der Waals surface area contributed by atoms with Gasteiger partial charge in [0.15, 0.2) is 0 Å². The molecule has 0 aliphatic rings. The summed E-state index contributed by atoms with van der Waals surface area (Å²) in [7, 11) is -2.79. The Hall–Kier alpha value is -3.67. The van der Waals surface area contributed by atoms with Crippen molar-refractivity contribution in [1.29, 1.82) is 0 Å². The second-order valence-electron chi connectivity index (χ2n) is 8.23. The van der Waals surface area contributed by atoms with Gasteiger partial charge in [0.25, 0.3) is 5.69 Å². The highest BCUT2D eigenvalue weighted by molar-refractivity contribution is 7.92. The predicted octanol–water partition coefficient (Wildman–Crippen LogP) is 2.31. The van der Waals surface area contributed by atoms with Gasteiger partial charge in [0, 0.05) is 24.7 Å². The summed E-state index contributed by atoms with van der Waals surface area (Å²) in [6.07, 6.45) is 0.884. The first-order chi connectivity index (χ1) is 16.3. The molecule has 1 N–H and O–H groups in total. The summed E-state index contributed by atoms with van der Waals surface area (Å²) < 4.78 is 31.3. The van der Waals surface area contributed by atoms with Gasteiger partial charge < -0.3 is 15.0 Å². The molecule has 2 rings (SSSR count). The summed E-state index contributed by atoms with van der Waals surface area (Å²) in [5.41, 5.74) is 0.216. The summed E-state index contributed by atoms with van der Waals surface area (Å²) in [5, 5.41) is 14.0. The number of carbonyl (C=O) groups excluding carboxylic acids is 2. The second kappa shape index (κ2) is 11.6. The minimum absolute atomic E-state index is 0.0361. The van der Waals surface area contributed by atoms with Crippen LogP contribution in [0, 0.1) is 10.1 Å². The number of ether oxygens (including phenoxy) is 1. The van der Waals surface area contributed by atoms with Crippen LogP contribution in [0.4, 0.5) is 11.4 Å². The molecule has 0 aliphatic carbocycles. The molecule has 0 saturated carbocycles. The molecule has 11 nitrogen and oxygen atoms in total. The average Bonchev–Trinajstić information content (AvgIpc) is 2.79. The maximum absolute atomic E-state index is 13.5. The highest BCUT2D eigenvalue weighted by Gasteiger charge is 2.32. The Labute approximate surface area is 204 Å². The summed E-state index contributed by atoms with van der Waals surface area (Å²) in [6, 6.07) is 11.3. The predicted molar refractivity (Wildman–Crippen MR) is 132 cm³/mol. The fraction of sp³-hybridized carbons (Fsp3) is 0.391. The number of non-ortho nitro benzene ring substituents is 1. The smallest absolute Gasteiger partial charge is 0.271 e.